The summed E-state index contributed by atoms with van der Waals surface area (Å²) in [6, 6.07) is 6.95. The normalized spacial score (nSPS) is 32.4. The van der Waals surface area contributed by atoms with Crippen molar-refractivity contribution in [2.45, 2.75) is 30.0 Å². The Morgan fingerprint density at radius 3 is 2.76 bits per heavy atom. The van der Waals surface area contributed by atoms with Crippen LogP contribution < -0.4 is 10.6 Å². The van der Waals surface area contributed by atoms with E-state index in [-0.39, 0.29) is 0 Å². The quantitative estimate of drug-likeness (QED) is 0.776. The average molecular weight is 344 g/mol. The number of hydrogen-bond donors (Lipinski definition) is 1. The largest absolute Gasteiger partial charge is 0.466 e. The molecule has 0 unspecified atom stereocenters. The third-order valence-corrected chi connectivity index (χ3v) is 5.65. The van der Waals surface area contributed by atoms with Crippen molar-refractivity contribution in [1.82, 2.24) is 0 Å². The van der Waals surface area contributed by atoms with Gasteiger partial charge in [-0.2, -0.15) is 0 Å². The van der Waals surface area contributed by atoms with E-state index in [4.69, 9.17) is 19.9 Å². The number of carbonyl (C=O) groups excluding carboxylic acids is 2. The number of rotatable bonds is 1. The van der Waals surface area contributed by atoms with E-state index < -0.39 is 29.2 Å². The molecule has 0 aromatic heterocycles. The van der Waals surface area contributed by atoms with Gasteiger partial charge in [0.25, 0.3) is 0 Å². The lowest BCUT2D eigenvalue weighted by Gasteiger charge is -2.49. The monoisotopic (exact) mass is 344 g/mol. The lowest BCUT2D eigenvalue weighted by molar-refractivity contribution is -0.138. The van der Waals surface area contributed by atoms with Gasteiger partial charge < -0.3 is 19.9 Å². The van der Waals surface area contributed by atoms with Gasteiger partial charge in [0.1, 0.15) is 0 Å². The lowest BCUT2D eigenvalue weighted by Crippen LogP contribution is -2.69. The number of hydrogen-bond acceptors (Lipinski definition) is 6. The van der Waals surface area contributed by atoms with Gasteiger partial charge in [-0.25, -0.2) is 14.5 Å². The van der Waals surface area contributed by atoms with Gasteiger partial charge in [-0.05, 0) is 24.5 Å². The van der Waals surface area contributed by atoms with Crippen LogP contribution in [0.3, 0.4) is 0 Å². The number of esters is 1. The topological polar surface area (TPSA) is 91.1 Å². The average Bonchev–Trinajstić information content (AvgIpc) is 3.14. The predicted octanol–water partition coefficient (Wildman–Crippen LogP) is 1.46. The van der Waals surface area contributed by atoms with Crippen LogP contribution in [0.4, 0.5) is 10.5 Å². The number of carbonyl (C=O) groups is 2. The Morgan fingerprint density at radius 2 is 2.04 bits per heavy atom. The fourth-order valence-electron chi connectivity index (χ4n) is 4.79. The molecule has 4 rings (SSSR count). The standard InChI is InChI=1S/C18H20N2O5/c1-23-15(21)12-7-8-14(19)18-17(12,9-10-25-18)11-5-3-4-6-13(11)20(18)16(22)24-2/h3-7,14H,8-10,19H2,1-2H3/t14-,17-,18-/m0/s1. The molecule has 1 aromatic carbocycles. The summed E-state index contributed by atoms with van der Waals surface area (Å²) in [7, 11) is 2.67. The molecule has 0 saturated carbocycles. The van der Waals surface area contributed by atoms with Crippen LogP contribution in [0.1, 0.15) is 18.4 Å². The highest BCUT2D eigenvalue weighted by molar-refractivity contribution is 6.00. The number of anilines is 1. The van der Waals surface area contributed by atoms with Crippen LogP contribution >= 0.6 is 0 Å². The van der Waals surface area contributed by atoms with Crippen molar-refractivity contribution in [2.75, 3.05) is 25.7 Å². The molecule has 3 atom stereocenters. The van der Waals surface area contributed by atoms with Crippen molar-refractivity contribution in [3.05, 3.63) is 41.5 Å². The minimum absolute atomic E-state index is 0.379. The summed E-state index contributed by atoms with van der Waals surface area (Å²) in [5, 5.41) is 0. The van der Waals surface area contributed by atoms with Crippen LogP contribution in [0.2, 0.25) is 0 Å². The molecule has 1 amide bonds. The smallest absolute Gasteiger partial charge is 0.416 e. The molecule has 2 N–H and O–H groups in total. The van der Waals surface area contributed by atoms with E-state index in [1.54, 1.807) is 0 Å². The van der Waals surface area contributed by atoms with E-state index in [0.717, 1.165) is 5.56 Å². The highest BCUT2D eigenvalue weighted by atomic mass is 16.6. The van der Waals surface area contributed by atoms with Crippen LogP contribution in [-0.2, 0) is 24.4 Å². The summed E-state index contributed by atoms with van der Waals surface area (Å²) in [6.45, 7) is 0.379. The lowest BCUT2D eigenvalue weighted by atomic mass is 9.62. The van der Waals surface area contributed by atoms with E-state index in [1.807, 2.05) is 30.3 Å². The number of para-hydroxylation sites is 1. The predicted molar refractivity (Wildman–Crippen MR) is 89.0 cm³/mol. The van der Waals surface area contributed by atoms with Crippen molar-refractivity contribution >= 4 is 17.7 Å². The van der Waals surface area contributed by atoms with E-state index in [9.17, 15) is 9.59 Å². The summed E-state index contributed by atoms with van der Waals surface area (Å²) < 4.78 is 16.2. The van der Waals surface area contributed by atoms with Crippen LogP contribution in [0.25, 0.3) is 0 Å². The Bertz CT molecular complexity index is 791. The molecule has 7 nitrogen and oxygen atoms in total. The first-order valence-corrected chi connectivity index (χ1v) is 8.20. The molecule has 132 valence electrons. The molecule has 1 fully saturated rings. The second-order valence-corrected chi connectivity index (χ2v) is 6.47. The molecule has 25 heavy (non-hydrogen) atoms. The van der Waals surface area contributed by atoms with Crippen LogP contribution in [0.5, 0.6) is 0 Å². The first kappa shape index (κ1) is 16.1. The number of fused-ring (bicyclic) bond motifs is 1. The fraction of sp³-hybridized carbons (Fsp3) is 0.444. The Morgan fingerprint density at radius 1 is 1.28 bits per heavy atom. The maximum Gasteiger partial charge on any atom is 0.416 e. The van der Waals surface area contributed by atoms with Gasteiger partial charge in [0.2, 0.25) is 0 Å². The molecule has 2 aliphatic heterocycles. The Balaban J connectivity index is 2.06. The summed E-state index contributed by atoms with van der Waals surface area (Å²) >= 11 is 0. The van der Waals surface area contributed by atoms with Gasteiger partial charge in [0.05, 0.1) is 38.0 Å². The maximum atomic E-state index is 12.7. The molecule has 2 heterocycles. The summed E-state index contributed by atoms with van der Waals surface area (Å²) in [6.07, 6.45) is 2.19. The molecular weight excluding hydrogens is 324 g/mol. The summed E-state index contributed by atoms with van der Waals surface area (Å²) in [5.74, 6) is -0.428. The minimum Gasteiger partial charge on any atom is -0.466 e. The van der Waals surface area contributed by atoms with Gasteiger partial charge in [-0.15, -0.1) is 0 Å². The van der Waals surface area contributed by atoms with Crippen molar-refractivity contribution < 1.29 is 23.8 Å². The number of nitrogens with two attached hydrogens (primary N) is 1. The number of amides is 1. The van der Waals surface area contributed by atoms with Crippen molar-refractivity contribution in [3.8, 4) is 0 Å². The second kappa shape index (κ2) is 5.31. The molecule has 3 aliphatic rings. The number of benzene rings is 1. The molecule has 1 saturated heterocycles. The molecule has 7 heteroatoms. The first-order valence-electron chi connectivity index (χ1n) is 8.20. The van der Waals surface area contributed by atoms with Gasteiger partial charge in [0.15, 0.2) is 5.72 Å². The molecule has 0 radical (unpaired) electrons. The van der Waals surface area contributed by atoms with E-state index in [0.29, 0.717) is 30.7 Å². The van der Waals surface area contributed by atoms with E-state index in [1.165, 1.54) is 19.1 Å². The summed E-state index contributed by atoms with van der Waals surface area (Å²) in [4.78, 5) is 26.8. The number of ether oxygens (including phenoxy) is 3. The van der Waals surface area contributed by atoms with Crippen molar-refractivity contribution in [3.63, 3.8) is 0 Å². The zero-order valence-corrected chi connectivity index (χ0v) is 14.2. The zero-order valence-electron chi connectivity index (χ0n) is 14.2. The highest BCUT2D eigenvalue weighted by Crippen LogP contribution is 2.64. The third-order valence-electron chi connectivity index (χ3n) is 5.65. The molecule has 0 bridgehead atoms. The van der Waals surface area contributed by atoms with E-state index in [2.05, 4.69) is 0 Å². The molecule has 1 aliphatic carbocycles. The molecule has 0 spiro atoms. The maximum absolute atomic E-state index is 12.7. The second-order valence-electron chi connectivity index (χ2n) is 6.47. The summed E-state index contributed by atoms with van der Waals surface area (Å²) in [5.41, 5.74) is 6.42. The van der Waals surface area contributed by atoms with Crippen LogP contribution in [-0.4, -0.2) is 44.7 Å². The first-order chi connectivity index (χ1) is 12.0. The molecular formula is C18H20N2O5. The van der Waals surface area contributed by atoms with E-state index >= 15 is 0 Å². The minimum atomic E-state index is -1.19. The van der Waals surface area contributed by atoms with Gasteiger partial charge >= 0.3 is 12.1 Å². The van der Waals surface area contributed by atoms with Gasteiger partial charge in [-0.1, -0.05) is 24.3 Å². The Hall–Kier alpha value is -2.38. The Labute approximate surface area is 145 Å². The third kappa shape index (κ3) is 1.67. The SMILES string of the molecule is COC(=O)C1=CC[C@H](N)[C@]23OCC[C@]12c1ccccc1N3C(=O)OC. The van der Waals surface area contributed by atoms with Crippen molar-refractivity contribution in [2.24, 2.45) is 5.73 Å². The van der Waals surface area contributed by atoms with Crippen LogP contribution in [0.15, 0.2) is 35.9 Å². The molecule has 1 aromatic rings. The van der Waals surface area contributed by atoms with Crippen LogP contribution in [0, 0.1) is 0 Å². The van der Waals surface area contributed by atoms with Gasteiger partial charge in [0, 0.05) is 5.57 Å². The van der Waals surface area contributed by atoms with Crippen molar-refractivity contribution in [1.29, 1.82) is 0 Å². The van der Waals surface area contributed by atoms with Gasteiger partial charge in [-0.3, -0.25) is 0 Å². The zero-order chi connectivity index (χ0) is 17.8. The Kier molecular flexibility index (Phi) is 3.42. The highest BCUT2D eigenvalue weighted by Gasteiger charge is 2.73. The number of methoxy groups -OCH3 is 2. The number of nitrogens with zero attached hydrogens (tertiary/aromatic N) is 1. The fourth-order valence-corrected chi connectivity index (χ4v) is 4.79.